The van der Waals surface area contributed by atoms with Crippen LogP contribution >= 0.6 is 12.2 Å². The van der Waals surface area contributed by atoms with Crippen molar-refractivity contribution in [2.24, 2.45) is 11.8 Å². The van der Waals surface area contributed by atoms with Crippen molar-refractivity contribution in [3.05, 3.63) is 47.6 Å². The van der Waals surface area contributed by atoms with Gasteiger partial charge in [-0.1, -0.05) is 66.6 Å². The van der Waals surface area contributed by atoms with Gasteiger partial charge in [0.25, 0.3) is 5.56 Å². The van der Waals surface area contributed by atoms with Crippen LogP contribution in [0.4, 0.5) is 0 Å². The highest BCUT2D eigenvalue weighted by Crippen LogP contribution is 2.13. The fourth-order valence-electron chi connectivity index (χ4n) is 3.73. The molecule has 0 saturated heterocycles. The maximum Gasteiger partial charge on any atom is 0.330 e. The molecule has 0 fully saturated rings. The van der Waals surface area contributed by atoms with E-state index in [0.717, 1.165) is 36.4 Å². The van der Waals surface area contributed by atoms with Crippen LogP contribution in [0.1, 0.15) is 66.0 Å². The van der Waals surface area contributed by atoms with Crippen molar-refractivity contribution in [3.63, 3.8) is 0 Å². The van der Waals surface area contributed by atoms with E-state index in [0.29, 0.717) is 52.8 Å². The summed E-state index contributed by atoms with van der Waals surface area (Å²) in [7, 11) is 0. The molecule has 0 amide bonds. The Morgan fingerprint density at radius 1 is 0.722 bits per heavy atom. The SMILES string of the molecule is CCc1nc2c([nH]1)c(=O)[nH]c(=O)n2CC(C)CC.CCc1nc2c([nH]1)c(=S)[nH]c(=O)n2CC(C)CC. The van der Waals surface area contributed by atoms with Gasteiger partial charge in [-0.15, -0.1) is 0 Å². The van der Waals surface area contributed by atoms with Crippen LogP contribution in [0.5, 0.6) is 0 Å². The molecular weight excluding hydrogens is 480 g/mol. The third-order valence-electron chi connectivity index (χ3n) is 6.42. The molecule has 4 rings (SSSR count). The summed E-state index contributed by atoms with van der Waals surface area (Å²) in [5.74, 6) is 2.36. The van der Waals surface area contributed by atoms with Crippen LogP contribution < -0.4 is 16.9 Å². The molecule has 2 atom stereocenters. The summed E-state index contributed by atoms with van der Waals surface area (Å²) in [6, 6.07) is 0. The second kappa shape index (κ2) is 11.6. The van der Waals surface area contributed by atoms with Gasteiger partial charge in [0, 0.05) is 25.9 Å². The van der Waals surface area contributed by atoms with Crippen molar-refractivity contribution >= 4 is 34.5 Å². The molecule has 4 aromatic rings. The predicted molar refractivity (Wildman–Crippen MR) is 144 cm³/mol. The Labute approximate surface area is 213 Å². The molecule has 196 valence electrons. The number of nitrogens with one attached hydrogen (secondary N) is 4. The summed E-state index contributed by atoms with van der Waals surface area (Å²) in [6.07, 6.45) is 3.49. The van der Waals surface area contributed by atoms with Gasteiger partial charge in [0.1, 0.15) is 27.3 Å². The van der Waals surface area contributed by atoms with Crippen LogP contribution in [0.15, 0.2) is 14.4 Å². The number of hydrogen-bond acceptors (Lipinski definition) is 6. The lowest BCUT2D eigenvalue weighted by molar-refractivity contribution is 0.462. The molecule has 36 heavy (non-hydrogen) atoms. The largest absolute Gasteiger partial charge is 0.338 e. The number of aryl methyl sites for hydroxylation is 2. The van der Waals surface area contributed by atoms with Crippen LogP contribution in [-0.4, -0.2) is 39.0 Å². The molecule has 0 aliphatic carbocycles. The molecule has 12 heteroatoms. The maximum absolute atomic E-state index is 12.0. The smallest absolute Gasteiger partial charge is 0.330 e. The van der Waals surface area contributed by atoms with Crippen LogP contribution in [0.2, 0.25) is 0 Å². The fraction of sp³-hybridized carbons (Fsp3) is 0.583. The van der Waals surface area contributed by atoms with E-state index >= 15 is 0 Å². The normalized spacial score (nSPS) is 13.1. The summed E-state index contributed by atoms with van der Waals surface area (Å²) in [6.45, 7) is 13.6. The van der Waals surface area contributed by atoms with Crippen molar-refractivity contribution in [1.82, 2.24) is 39.0 Å². The zero-order valence-corrected chi connectivity index (χ0v) is 22.6. The molecule has 0 aromatic carbocycles. The van der Waals surface area contributed by atoms with E-state index in [-0.39, 0.29) is 11.4 Å². The molecule has 2 unspecified atom stereocenters. The van der Waals surface area contributed by atoms with E-state index in [4.69, 9.17) is 12.2 Å². The first-order chi connectivity index (χ1) is 17.1. The Morgan fingerprint density at radius 2 is 1.17 bits per heavy atom. The number of aromatic nitrogens is 8. The van der Waals surface area contributed by atoms with E-state index in [2.05, 4.69) is 57.6 Å². The minimum atomic E-state index is -0.400. The highest BCUT2D eigenvalue weighted by Gasteiger charge is 2.14. The lowest BCUT2D eigenvalue weighted by Crippen LogP contribution is -2.31. The van der Waals surface area contributed by atoms with Crippen LogP contribution in [0.3, 0.4) is 0 Å². The molecule has 0 aliphatic heterocycles. The molecule has 0 bridgehead atoms. The molecule has 0 radical (unpaired) electrons. The van der Waals surface area contributed by atoms with E-state index in [1.165, 1.54) is 0 Å². The quantitative estimate of drug-likeness (QED) is 0.264. The second-order valence-electron chi connectivity index (χ2n) is 9.24. The Bertz CT molecular complexity index is 1450. The highest BCUT2D eigenvalue weighted by molar-refractivity contribution is 7.71. The predicted octanol–water partition coefficient (Wildman–Crippen LogP) is 3.41. The van der Waals surface area contributed by atoms with Crippen LogP contribution in [0.25, 0.3) is 22.3 Å². The number of aromatic amines is 4. The number of fused-ring (bicyclic) bond motifs is 2. The molecular formula is C24H36N8O3S. The van der Waals surface area contributed by atoms with Gasteiger partial charge in [0.2, 0.25) is 0 Å². The second-order valence-corrected chi connectivity index (χ2v) is 9.65. The Kier molecular flexibility index (Phi) is 8.83. The van der Waals surface area contributed by atoms with Crippen LogP contribution in [0, 0.1) is 16.5 Å². The van der Waals surface area contributed by atoms with E-state index in [1.54, 1.807) is 9.13 Å². The lowest BCUT2D eigenvalue weighted by Gasteiger charge is -2.11. The van der Waals surface area contributed by atoms with Crippen molar-refractivity contribution in [3.8, 4) is 0 Å². The third-order valence-corrected chi connectivity index (χ3v) is 6.72. The zero-order chi connectivity index (χ0) is 26.6. The third kappa shape index (κ3) is 5.75. The number of rotatable bonds is 8. The molecule has 4 heterocycles. The number of nitrogens with zero attached hydrogens (tertiary/aromatic N) is 4. The summed E-state index contributed by atoms with van der Waals surface area (Å²) < 4.78 is 3.65. The van der Waals surface area contributed by atoms with E-state index < -0.39 is 5.56 Å². The van der Waals surface area contributed by atoms with Crippen molar-refractivity contribution in [2.45, 2.75) is 80.3 Å². The first-order valence-corrected chi connectivity index (χ1v) is 13.0. The molecule has 0 spiro atoms. The van der Waals surface area contributed by atoms with Gasteiger partial charge in [0.05, 0.1) is 0 Å². The number of hydrogen-bond donors (Lipinski definition) is 4. The average molecular weight is 517 g/mol. The summed E-state index contributed by atoms with van der Waals surface area (Å²) >= 11 is 5.16. The van der Waals surface area contributed by atoms with Gasteiger partial charge in [0.15, 0.2) is 11.3 Å². The molecule has 11 nitrogen and oxygen atoms in total. The monoisotopic (exact) mass is 516 g/mol. The lowest BCUT2D eigenvalue weighted by atomic mass is 10.1. The minimum absolute atomic E-state index is 0.179. The maximum atomic E-state index is 12.0. The molecule has 0 saturated carbocycles. The molecule has 4 N–H and O–H groups in total. The van der Waals surface area contributed by atoms with E-state index in [1.807, 2.05) is 13.8 Å². The molecule has 4 aromatic heterocycles. The van der Waals surface area contributed by atoms with Gasteiger partial charge in [-0.25, -0.2) is 19.6 Å². The van der Waals surface area contributed by atoms with Gasteiger partial charge in [-0.05, 0) is 11.8 Å². The first kappa shape index (κ1) is 27.3. The summed E-state index contributed by atoms with van der Waals surface area (Å²) in [4.78, 5) is 55.5. The fourth-order valence-corrected chi connectivity index (χ4v) is 3.96. The van der Waals surface area contributed by atoms with Gasteiger partial charge in [-0.3, -0.25) is 23.9 Å². The summed E-state index contributed by atoms with van der Waals surface area (Å²) in [5, 5.41) is 0. The van der Waals surface area contributed by atoms with Crippen LogP contribution in [-0.2, 0) is 25.9 Å². The number of H-pyrrole nitrogens is 4. The van der Waals surface area contributed by atoms with Crippen molar-refractivity contribution in [2.75, 3.05) is 0 Å². The van der Waals surface area contributed by atoms with Crippen molar-refractivity contribution in [1.29, 1.82) is 0 Å². The Hall–Kier alpha value is -3.28. The van der Waals surface area contributed by atoms with Gasteiger partial charge < -0.3 is 9.97 Å². The zero-order valence-electron chi connectivity index (χ0n) is 21.8. The van der Waals surface area contributed by atoms with Crippen molar-refractivity contribution < 1.29 is 0 Å². The van der Waals surface area contributed by atoms with Gasteiger partial charge in [-0.2, -0.15) is 0 Å². The number of imidazole rings is 2. The standard InChI is InChI=1S/C12H18N4O2.C12H18N4OS/c1-4-7(3)6-16-10-9(11(17)15-12(16)18)13-8(5-2)14-10;1-4-7(3)6-16-10-9(11(18)15-12(16)17)13-8(5-2)14-10/h2*7H,4-6H2,1-3H3,(H,13,14)(H,15,17,18). The Balaban J connectivity index is 0.000000201. The topological polar surface area (TPSA) is 150 Å². The summed E-state index contributed by atoms with van der Waals surface area (Å²) in [5.41, 5.74) is 1.30. The van der Waals surface area contributed by atoms with Gasteiger partial charge >= 0.3 is 11.4 Å². The van der Waals surface area contributed by atoms with E-state index in [9.17, 15) is 14.4 Å². The average Bonchev–Trinajstić information content (AvgIpc) is 3.49. The Morgan fingerprint density at radius 3 is 1.64 bits per heavy atom. The first-order valence-electron chi connectivity index (χ1n) is 12.6. The minimum Gasteiger partial charge on any atom is -0.338 e. The highest BCUT2D eigenvalue weighted by atomic mass is 32.1. The molecule has 0 aliphatic rings.